The monoisotopic (exact) mass is 490 g/mol. The number of methoxy groups -OCH3 is 1. The van der Waals surface area contributed by atoms with E-state index in [0.29, 0.717) is 17.3 Å². The fourth-order valence-corrected chi connectivity index (χ4v) is 4.14. The van der Waals surface area contributed by atoms with E-state index in [1.165, 1.54) is 41.3 Å². The molecule has 3 N–H and O–H groups in total. The Labute approximate surface area is 200 Å². The number of nitrogens with one attached hydrogen (secondary N) is 3. The van der Waals surface area contributed by atoms with Crippen LogP contribution in [0.1, 0.15) is 13.3 Å². The van der Waals surface area contributed by atoms with Gasteiger partial charge >= 0.3 is 12.1 Å². The molecule has 0 aliphatic carbocycles. The van der Waals surface area contributed by atoms with Gasteiger partial charge in [-0.15, -0.1) is 0 Å². The minimum atomic E-state index is -0.888. The van der Waals surface area contributed by atoms with Gasteiger partial charge in [0.05, 0.1) is 22.9 Å². The molecule has 2 fully saturated rings. The summed E-state index contributed by atoms with van der Waals surface area (Å²) < 4.78 is 20.2. The van der Waals surface area contributed by atoms with E-state index >= 15 is 0 Å². The average molecular weight is 491 g/mol. The molecule has 180 valence electrons. The summed E-state index contributed by atoms with van der Waals surface area (Å²) in [5, 5.41) is 8.29. The largest absolute Gasteiger partial charge is 0.380 e. The van der Waals surface area contributed by atoms with Crippen molar-refractivity contribution < 1.29 is 23.5 Å². The summed E-state index contributed by atoms with van der Waals surface area (Å²) in [5.74, 6) is -0.977. The Morgan fingerprint density at radius 2 is 2.06 bits per heavy atom. The molecule has 1 aromatic heterocycles. The highest BCUT2D eigenvalue weighted by Crippen LogP contribution is 2.27. The second-order valence-corrected chi connectivity index (χ2v) is 8.55. The van der Waals surface area contributed by atoms with Gasteiger partial charge in [0.1, 0.15) is 17.7 Å². The lowest BCUT2D eigenvalue weighted by Crippen LogP contribution is -2.45. The van der Waals surface area contributed by atoms with Crippen molar-refractivity contribution >= 4 is 46.8 Å². The van der Waals surface area contributed by atoms with Crippen molar-refractivity contribution in [3.8, 4) is 0 Å². The normalized spacial score (nSPS) is 22.0. The van der Waals surface area contributed by atoms with Crippen molar-refractivity contribution in [3.63, 3.8) is 0 Å². The zero-order valence-corrected chi connectivity index (χ0v) is 19.3. The quantitative estimate of drug-likeness (QED) is 0.595. The molecule has 0 spiro atoms. The zero-order valence-electron chi connectivity index (χ0n) is 18.5. The van der Waals surface area contributed by atoms with Crippen LogP contribution in [0.3, 0.4) is 0 Å². The Balaban J connectivity index is 1.47. The second kappa shape index (κ2) is 9.82. The minimum Gasteiger partial charge on any atom is -0.380 e. The Kier molecular flexibility index (Phi) is 6.85. The van der Waals surface area contributed by atoms with Crippen LogP contribution in [0.15, 0.2) is 36.5 Å². The van der Waals surface area contributed by atoms with Gasteiger partial charge in [-0.1, -0.05) is 11.6 Å². The Hall–Kier alpha value is -3.44. The maximum atomic E-state index is 14.8. The first-order valence-electron chi connectivity index (χ1n) is 10.7. The fourth-order valence-electron chi connectivity index (χ4n) is 4.03. The third-order valence-corrected chi connectivity index (χ3v) is 6.04. The van der Waals surface area contributed by atoms with Crippen molar-refractivity contribution in [2.24, 2.45) is 0 Å². The van der Waals surface area contributed by atoms with Crippen LogP contribution >= 0.6 is 11.6 Å². The van der Waals surface area contributed by atoms with Gasteiger partial charge in [0.15, 0.2) is 0 Å². The molecule has 12 heteroatoms. The highest BCUT2D eigenvalue weighted by molar-refractivity contribution is 6.30. The summed E-state index contributed by atoms with van der Waals surface area (Å²) in [6, 6.07) is 5.40. The summed E-state index contributed by atoms with van der Waals surface area (Å²) >= 11 is 5.82. The first-order chi connectivity index (χ1) is 16.3. The number of hydrogen-bond acceptors (Lipinski definition) is 5. The van der Waals surface area contributed by atoms with Crippen LogP contribution in [-0.2, 0) is 9.53 Å². The summed E-state index contributed by atoms with van der Waals surface area (Å²) in [6.45, 7) is 2.49. The van der Waals surface area contributed by atoms with E-state index in [-0.39, 0.29) is 42.6 Å². The standard InChI is InChI=1S/C22H24ClFN6O4/c1-12-9-26-21(32)30(12)14-4-5-17(16(24)7-14)27-20(31)18-8-15(34-2)11-29(18)22(33)28-19-6-3-13(23)10-25-19/h3-7,10,12,15,18H,8-9,11H2,1-2H3,(H,26,32)(H,27,31)(H,25,28,33)/t12?,15-,18-/m1/s1. The Morgan fingerprint density at radius 1 is 1.26 bits per heavy atom. The highest BCUT2D eigenvalue weighted by atomic mass is 35.5. The molecule has 4 rings (SSSR count). The van der Waals surface area contributed by atoms with Gasteiger partial charge in [0, 0.05) is 38.5 Å². The molecule has 2 aromatic rings. The number of halogens is 2. The molecule has 3 atom stereocenters. The fraction of sp³-hybridized carbons (Fsp3) is 0.364. The lowest BCUT2D eigenvalue weighted by molar-refractivity contribution is -0.119. The van der Waals surface area contributed by atoms with Gasteiger partial charge in [0.2, 0.25) is 5.91 Å². The number of anilines is 3. The highest BCUT2D eigenvalue weighted by Gasteiger charge is 2.40. The minimum absolute atomic E-state index is 0.0541. The van der Waals surface area contributed by atoms with E-state index in [1.807, 2.05) is 6.92 Å². The zero-order chi connectivity index (χ0) is 24.4. The maximum absolute atomic E-state index is 14.8. The molecule has 2 aliphatic rings. The number of benzene rings is 1. The summed E-state index contributed by atoms with van der Waals surface area (Å²) in [5.41, 5.74) is 0.330. The Morgan fingerprint density at radius 3 is 2.68 bits per heavy atom. The first kappa shape index (κ1) is 23.7. The van der Waals surface area contributed by atoms with Gasteiger partial charge in [-0.3, -0.25) is 15.0 Å². The molecule has 3 heterocycles. The van der Waals surface area contributed by atoms with Crippen molar-refractivity contribution in [1.29, 1.82) is 0 Å². The summed E-state index contributed by atoms with van der Waals surface area (Å²) in [7, 11) is 1.50. The molecule has 34 heavy (non-hydrogen) atoms. The molecule has 10 nitrogen and oxygen atoms in total. The van der Waals surface area contributed by atoms with Crippen LogP contribution in [0.4, 0.5) is 31.2 Å². The summed E-state index contributed by atoms with van der Waals surface area (Å²) in [4.78, 5) is 44.7. The van der Waals surface area contributed by atoms with Gasteiger partial charge in [-0.05, 0) is 37.3 Å². The van der Waals surface area contributed by atoms with E-state index in [2.05, 4.69) is 20.9 Å². The number of likely N-dealkylation sites (tertiary alicyclic amines) is 1. The predicted octanol–water partition coefficient (Wildman–Crippen LogP) is 3.05. The molecule has 0 radical (unpaired) electrons. The number of pyridine rings is 1. The van der Waals surface area contributed by atoms with Crippen LogP contribution in [-0.4, -0.2) is 66.2 Å². The van der Waals surface area contributed by atoms with Crippen LogP contribution in [0.5, 0.6) is 0 Å². The number of ether oxygens (including phenoxy) is 1. The number of carbonyl (C=O) groups is 3. The van der Waals surface area contributed by atoms with Crippen LogP contribution in [0.2, 0.25) is 5.02 Å². The number of nitrogens with zero attached hydrogens (tertiary/aromatic N) is 3. The van der Waals surface area contributed by atoms with Crippen molar-refractivity contribution in [3.05, 3.63) is 47.4 Å². The third kappa shape index (κ3) is 4.90. The number of hydrogen-bond donors (Lipinski definition) is 3. The predicted molar refractivity (Wildman–Crippen MR) is 125 cm³/mol. The maximum Gasteiger partial charge on any atom is 0.323 e. The van der Waals surface area contributed by atoms with Gasteiger partial charge in [0.25, 0.3) is 0 Å². The molecule has 2 aliphatic heterocycles. The van der Waals surface area contributed by atoms with E-state index in [9.17, 15) is 18.8 Å². The SMILES string of the molecule is CO[C@@H]1C[C@H](C(=O)Nc2ccc(N3C(=O)NCC3C)cc2F)N(C(=O)Nc2ccc(Cl)cn2)C1. The molecule has 0 bridgehead atoms. The topological polar surface area (TPSA) is 116 Å². The molecule has 0 saturated carbocycles. The number of urea groups is 2. The van der Waals surface area contributed by atoms with Crippen LogP contribution in [0, 0.1) is 5.82 Å². The number of aromatic nitrogens is 1. The smallest absolute Gasteiger partial charge is 0.323 e. The Bertz CT molecular complexity index is 1100. The van der Waals surface area contributed by atoms with Crippen molar-refractivity contribution in [2.75, 3.05) is 35.7 Å². The lowest BCUT2D eigenvalue weighted by Gasteiger charge is -2.24. The first-order valence-corrected chi connectivity index (χ1v) is 11.0. The molecule has 5 amide bonds. The third-order valence-electron chi connectivity index (χ3n) is 5.82. The molecule has 1 unspecified atom stereocenters. The van der Waals surface area contributed by atoms with E-state index < -0.39 is 23.8 Å². The average Bonchev–Trinajstić information content (AvgIpc) is 3.40. The molecule has 2 saturated heterocycles. The number of rotatable bonds is 5. The summed E-state index contributed by atoms with van der Waals surface area (Å²) in [6.07, 6.45) is 1.28. The van der Waals surface area contributed by atoms with Gasteiger partial charge < -0.3 is 20.3 Å². The van der Waals surface area contributed by atoms with Crippen LogP contribution < -0.4 is 20.9 Å². The van der Waals surface area contributed by atoms with Gasteiger partial charge in [-0.2, -0.15) is 0 Å². The van der Waals surface area contributed by atoms with Crippen molar-refractivity contribution in [2.45, 2.75) is 31.5 Å². The number of amides is 5. The van der Waals surface area contributed by atoms with E-state index in [1.54, 1.807) is 12.1 Å². The van der Waals surface area contributed by atoms with Crippen LogP contribution in [0.25, 0.3) is 0 Å². The van der Waals surface area contributed by atoms with Gasteiger partial charge in [-0.25, -0.2) is 19.0 Å². The van der Waals surface area contributed by atoms with E-state index in [4.69, 9.17) is 16.3 Å². The van der Waals surface area contributed by atoms with E-state index in [0.717, 1.165) is 0 Å². The lowest BCUT2D eigenvalue weighted by atomic mass is 10.1. The van der Waals surface area contributed by atoms with Crippen molar-refractivity contribution in [1.82, 2.24) is 15.2 Å². The second-order valence-electron chi connectivity index (χ2n) is 8.11. The molecular formula is C22H24ClFN6O4. The molecular weight excluding hydrogens is 467 g/mol. The number of carbonyl (C=O) groups excluding carboxylic acids is 3. The molecule has 1 aromatic carbocycles.